The number of carbonyl (C=O) groups excluding carboxylic acids is 1. The normalized spacial score (nSPS) is 33.6. The van der Waals surface area contributed by atoms with Crippen molar-refractivity contribution in [3.8, 4) is 0 Å². The minimum Gasteiger partial charge on any atom is -0.480 e. The summed E-state index contributed by atoms with van der Waals surface area (Å²) in [4.78, 5) is 23.5. The number of carbonyl (C=O) groups is 2. The Morgan fingerprint density at radius 3 is 2.55 bits per heavy atom. The van der Waals surface area contributed by atoms with Gasteiger partial charge in [0.1, 0.15) is 5.54 Å². The van der Waals surface area contributed by atoms with E-state index in [0.717, 1.165) is 25.0 Å². The molecule has 1 saturated carbocycles. The highest BCUT2D eigenvalue weighted by Gasteiger charge is 2.42. The number of hydrogen-bond donors (Lipinski definition) is 3. The fraction of sp³-hybridized carbons (Fsp3) is 0.857. The van der Waals surface area contributed by atoms with Crippen molar-refractivity contribution >= 4 is 23.8 Å². The van der Waals surface area contributed by atoms with Crippen molar-refractivity contribution in [1.29, 1.82) is 0 Å². The van der Waals surface area contributed by atoms with Crippen LogP contribution in [0.5, 0.6) is 0 Å². The summed E-state index contributed by atoms with van der Waals surface area (Å²) in [6, 6.07) is -0.338. The summed E-state index contributed by atoms with van der Waals surface area (Å²) in [6.07, 6.45) is 5.09. The van der Waals surface area contributed by atoms with E-state index in [1.807, 2.05) is 11.8 Å². The Morgan fingerprint density at radius 2 is 2.00 bits per heavy atom. The number of nitrogens with one attached hydrogen (secondary N) is 2. The largest absolute Gasteiger partial charge is 0.480 e. The van der Waals surface area contributed by atoms with E-state index in [4.69, 9.17) is 0 Å². The molecule has 6 heteroatoms. The molecule has 0 bridgehead atoms. The number of carboxylic acids is 1. The molecule has 0 radical (unpaired) electrons. The Kier molecular flexibility index (Phi) is 5.18. The number of rotatable bonds is 4. The van der Waals surface area contributed by atoms with E-state index < -0.39 is 11.5 Å². The van der Waals surface area contributed by atoms with Crippen LogP contribution in [0.3, 0.4) is 0 Å². The Morgan fingerprint density at radius 1 is 1.30 bits per heavy atom. The highest BCUT2D eigenvalue weighted by Crippen LogP contribution is 2.32. The predicted molar refractivity (Wildman–Crippen MR) is 80.0 cm³/mol. The number of thioether (sulfide) groups is 1. The molecular weight excluding hydrogens is 276 g/mol. The van der Waals surface area contributed by atoms with Crippen LogP contribution in [-0.4, -0.2) is 40.2 Å². The lowest BCUT2D eigenvalue weighted by Gasteiger charge is -2.36. The fourth-order valence-corrected chi connectivity index (χ4v) is 4.12. The fourth-order valence-electron chi connectivity index (χ4n) is 2.92. The van der Waals surface area contributed by atoms with E-state index in [0.29, 0.717) is 30.6 Å². The quantitative estimate of drug-likeness (QED) is 0.744. The topological polar surface area (TPSA) is 78.4 Å². The van der Waals surface area contributed by atoms with Gasteiger partial charge in [0.05, 0.1) is 0 Å². The number of amides is 2. The van der Waals surface area contributed by atoms with E-state index in [1.54, 1.807) is 0 Å². The lowest BCUT2D eigenvalue weighted by Crippen LogP contribution is -2.59. The van der Waals surface area contributed by atoms with Crippen LogP contribution >= 0.6 is 11.8 Å². The van der Waals surface area contributed by atoms with Crippen LogP contribution in [0.15, 0.2) is 0 Å². The summed E-state index contributed by atoms with van der Waals surface area (Å²) in [6.45, 7) is 2.76. The molecule has 1 aliphatic heterocycles. The summed E-state index contributed by atoms with van der Waals surface area (Å²) in [7, 11) is 0. The van der Waals surface area contributed by atoms with Crippen molar-refractivity contribution in [1.82, 2.24) is 10.6 Å². The minimum atomic E-state index is -1.07. The smallest absolute Gasteiger partial charge is 0.329 e. The summed E-state index contributed by atoms with van der Waals surface area (Å²) in [5.74, 6) is 0.794. The molecule has 2 aliphatic rings. The van der Waals surface area contributed by atoms with Crippen LogP contribution in [0.1, 0.15) is 45.4 Å². The summed E-state index contributed by atoms with van der Waals surface area (Å²) in [5, 5.41) is 15.5. The van der Waals surface area contributed by atoms with Crippen molar-refractivity contribution in [2.75, 3.05) is 12.3 Å². The van der Waals surface area contributed by atoms with E-state index in [-0.39, 0.29) is 6.03 Å². The Labute approximate surface area is 124 Å². The molecule has 1 saturated heterocycles. The molecule has 0 aromatic carbocycles. The molecule has 2 rings (SSSR count). The third-order valence-electron chi connectivity index (χ3n) is 4.40. The first-order valence-corrected chi connectivity index (χ1v) is 8.48. The van der Waals surface area contributed by atoms with Crippen molar-refractivity contribution in [3.05, 3.63) is 0 Å². The number of hydrogen-bond acceptors (Lipinski definition) is 3. The Balaban J connectivity index is 1.84. The van der Waals surface area contributed by atoms with E-state index >= 15 is 0 Å². The van der Waals surface area contributed by atoms with Crippen molar-refractivity contribution in [2.45, 2.75) is 56.2 Å². The maximum absolute atomic E-state index is 12.0. The SMILES string of the molecule is CC1CCC(NC(=O)NCC2CCCS2)(C(=O)O)CC1. The third kappa shape index (κ3) is 3.81. The van der Waals surface area contributed by atoms with Crippen LogP contribution in [-0.2, 0) is 4.79 Å². The Hall–Kier alpha value is -0.910. The van der Waals surface area contributed by atoms with Crippen molar-refractivity contribution < 1.29 is 14.7 Å². The van der Waals surface area contributed by atoms with Crippen LogP contribution in [0.25, 0.3) is 0 Å². The Bertz CT molecular complexity index is 361. The van der Waals surface area contributed by atoms with E-state index in [1.165, 1.54) is 6.42 Å². The summed E-state index contributed by atoms with van der Waals surface area (Å²) >= 11 is 1.88. The van der Waals surface area contributed by atoms with Crippen LogP contribution in [0.2, 0.25) is 0 Å². The van der Waals surface area contributed by atoms with Gasteiger partial charge in [0, 0.05) is 11.8 Å². The lowest BCUT2D eigenvalue weighted by atomic mass is 9.77. The second-order valence-electron chi connectivity index (χ2n) is 6.04. The average molecular weight is 300 g/mol. The number of urea groups is 1. The zero-order chi connectivity index (χ0) is 14.6. The molecule has 0 aromatic rings. The van der Waals surface area contributed by atoms with Gasteiger partial charge in [-0.15, -0.1) is 0 Å². The lowest BCUT2D eigenvalue weighted by molar-refractivity contribution is -0.146. The highest BCUT2D eigenvalue weighted by atomic mass is 32.2. The van der Waals surface area contributed by atoms with Crippen molar-refractivity contribution in [3.63, 3.8) is 0 Å². The average Bonchev–Trinajstić information content (AvgIpc) is 2.92. The van der Waals surface area contributed by atoms with Crippen LogP contribution < -0.4 is 10.6 Å². The first-order valence-electron chi connectivity index (χ1n) is 7.43. The molecule has 1 aliphatic carbocycles. The number of aliphatic carboxylic acids is 1. The van der Waals surface area contributed by atoms with Gasteiger partial charge >= 0.3 is 12.0 Å². The zero-order valence-corrected chi connectivity index (χ0v) is 12.8. The minimum absolute atomic E-state index is 0.338. The zero-order valence-electron chi connectivity index (χ0n) is 12.0. The van der Waals surface area contributed by atoms with E-state index in [2.05, 4.69) is 17.6 Å². The second-order valence-corrected chi connectivity index (χ2v) is 7.45. The van der Waals surface area contributed by atoms with Gasteiger partial charge in [-0.1, -0.05) is 6.92 Å². The standard InChI is InChI=1S/C14H24N2O3S/c1-10-4-6-14(7-5-10,12(17)18)16-13(19)15-9-11-3-2-8-20-11/h10-11H,2-9H2,1H3,(H,17,18)(H2,15,16,19). The van der Waals surface area contributed by atoms with Crippen molar-refractivity contribution in [2.24, 2.45) is 5.92 Å². The molecular formula is C14H24N2O3S. The molecule has 1 unspecified atom stereocenters. The van der Waals surface area contributed by atoms with Gasteiger partial charge in [0.25, 0.3) is 0 Å². The van der Waals surface area contributed by atoms with Gasteiger partial charge in [-0.2, -0.15) is 11.8 Å². The maximum atomic E-state index is 12.0. The molecule has 20 heavy (non-hydrogen) atoms. The summed E-state index contributed by atoms with van der Waals surface area (Å²) in [5.41, 5.74) is -1.07. The van der Waals surface area contributed by atoms with Gasteiger partial charge in [0.2, 0.25) is 0 Å². The second kappa shape index (κ2) is 6.70. The summed E-state index contributed by atoms with van der Waals surface area (Å²) < 4.78 is 0. The first kappa shape index (κ1) is 15.5. The molecule has 1 heterocycles. The molecule has 0 spiro atoms. The molecule has 2 amide bonds. The molecule has 114 valence electrons. The number of carboxylic acid groups (broad SMARTS) is 1. The molecule has 3 N–H and O–H groups in total. The monoisotopic (exact) mass is 300 g/mol. The first-order chi connectivity index (χ1) is 9.52. The molecule has 0 aromatic heterocycles. The van der Waals surface area contributed by atoms with Gasteiger partial charge in [0.15, 0.2) is 0 Å². The molecule has 2 fully saturated rings. The van der Waals surface area contributed by atoms with Gasteiger partial charge in [-0.05, 0) is 50.2 Å². The van der Waals surface area contributed by atoms with Crippen LogP contribution in [0, 0.1) is 5.92 Å². The highest BCUT2D eigenvalue weighted by molar-refractivity contribution is 8.00. The van der Waals surface area contributed by atoms with E-state index in [9.17, 15) is 14.7 Å². The van der Waals surface area contributed by atoms with Gasteiger partial charge in [-0.3, -0.25) is 0 Å². The van der Waals surface area contributed by atoms with Crippen LogP contribution in [0.4, 0.5) is 4.79 Å². The maximum Gasteiger partial charge on any atom is 0.329 e. The van der Waals surface area contributed by atoms with Gasteiger partial charge < -0.3 is 15.7 Å². The third-order valence-corrected chi connectivity index (χ3v) is 5.80. The molecule has 1 atom stereocenters. The predicted octanol–water partition coefficient (Wildman–Crippen LogP) is 2.21. The van der Waals surface area contributed by atoms with Gasteiger partial charge in [-0.25, -0.2) is 9.59 Å². The molecule has 5 nitrogen and oxygen atoms in total.